The third kappa shape index (κ3) is 3.00. The molecule has 0 radical (unpaired) electrons. The highest BCUT2D eigenvalue weighted by Crippen LogP contribution is 2.34. The Hall–Kier alpha value is -3.13. The molecule has 0 saturated carbocycles. The molecule has 1 aromatic heterocycles. The lowest BCUT2D eigenvalue weighted by Gasteiger charge is -2.17. The first-order valence-corrected chi connectivity index (χ1v) is 10.3. The standard InChI is InChI=1S/C21H19N5O2S/c1-13(27)25-10-9-15-11-14(7-8-18(15)25)17-12-29-21-23-22-20(26(21)24-17)16-5-3-4-6-19(16)28-2/h3-8,11H,9-10,12H2,1-2H3. The lowest BCUT2D eigenvalue weighted by atomic mass is 10.1. The number of aromatic nitrogens is 3. The van der Waals surface area contributed by atoms with E-state index < -0.39 is 0 Å². The van der Waals surface area contributed by atoms with Gasteiger partial charge in [0.05, 0.1) is 18.4 Å². The van der Waals surface area contributed by atoms with Crippen LogP contribution >= 0.6 is 11.8 Å². The summed E-state index contributed by atoms with van der Waals surface area (Å²) in [5, 5.41) is 14.3. The zero-order valence-corrected chi connectivity index (χ0v) is 16.9. The van der Waals surface area contributed by atoms with E-state index in [9.17, 15) is 4.79 Å². The van der Waals surface area contributed by atoms with Crippen molar-refractivity contribution in [2.75, 3.05) is 24.3 Å². The highest BCUT2D eigenvalue weighted by atomic mass is 32.2. The van der Waals surface area contributed by atoms with Crippen LogP contribution in [0.5, 0.6) is 5.75 Å². The first kappa shape index (κ1) is 17.9. The summed E-state index contributed by atoms with van der Waals surface area (Å²) in [7, 11) is 1.64. The van der Waals surface area contributed by atoms with Crippen LogP contribution in [0.15, 0.2) is 52.7 Å². The average Bonchev–Trinajstić information content (AvgIpc) is 3.37. The smallest absolute Gasteiger partial charge is 0.223 e. The molecule has 0 aliphatic carbocycles. The second-order valence-corrected chi connectivity index (χ2v) is 7.86. The van der Waals surface area contributed by atoms with E-state index in [1.165, 1.54) is 5.56 Å². The molecule has 2 aromatic carbocycles. The number of benzene rings is 2. The van der Waals surface area contributed by atoms with Crippen molar-refractivity contribution < 1.29 is 9.53 Å². The number of anilines is 1. The van der Waals surface area contributed by atoms with E-state index in [4.69, 9.17) is 9.84 Å². The molecule has 0 atom stereocenters. The molecule has 7 nitrogen and oxygen atoms in total. The second kappa shape index (κ2) is 7.04. The normalized spacial score (nSPS) is 15.0. The maximum absolute atomic E-state index is 11.8. The Labute approximate surface area is 172 Å². The number of carbonyl (C=O) groups is 1. The molecule has 8 heteroatoms. The number of hydrogen-bond acceptors (Lipinski definition) is 6. The van der Waals surface area contributed by atoms with Crippen LogP contribution in [0.3, 0.4) is 0 Å². The lowest BCUT2D eigenvalue weighted by molar-refractivity contribution is -0.116. The number of hydrogen-bond donors (Lipinski definition) is 0. The predicted molar refractivity (Wildman–Crippen MR) is 113 cm³/mol. The Balaban J connectivity index is 1.55. The zero-order chi connectivity index (χ0) is 20.0. The van der Waals surface area contributed by atoms with Crippen LogP contribution in [-0.4, -0.2) is 45.9 Å². The van der Waals surface area contributed by atoms with Crippen LogP contribution in [0.1, 0.15) is 18.1 Å². The van der Waals surface area contributed by atoms with Crippen LogP contribution in [0.25, 0.3) is 11.4 Å². The van der Waals surface area contributed by atoms with Crippen molar-refractivity contribution in [1.82, 2.24) is 14.9 Å². The highest BCUT2D eigenvalue weighted by Gasteiger charge is 2.25. The zero-order valence-electron chi connectivity index (χ0n) is 16.1. The molecule has 29 heavy (non-hydrogen) atoms. The minimum absolute atomic E-state index is 0.0812. The van der Waals surface area contributed by atoms with Crippen molar-refractivity contribution in [3.8, 4) is 17.1 Å². The van der Waals surface area contributed by atoms with Crippen molar-refractivity contribution >= 4 is 29.1 Å². The Morgan fingerprint density at radius 1 is 1.17 bits per heavy atom. The maximum atomic E-state index is 11.8. The molecule has 0 bridgehead atoms. The summed E-state index contributed by atoms with van der Waals surface area (Å²) in [5.74, 6) is 2.19. The third-order valence-electron chi connectivity index (χ3n) is 5.21. The topological polar surface area (TPSA) is 72.6 Å². The number of thioether (sulfide) groups is 1. The molecule has 1 amide bonds. The van der Waals surface area contributed by atoms with Crippen LogP contribution < -0.4 is 9.64 Å². The van der Waals surface area contributed by atoms with Gasteiger partial charge in [-0.05, 0) is 41.8 Å². The Morgan fingerprint density at radius 3 is 2.86 bits per heavy atom. The van der Waals surface area contributed by atoms with Crippen molar-refractivity contribution in [2.45, 2.75) is 18.5 Å². The fourth-order valence-corrected chi connectivity index (χ4v) is 4.61. The number of fused-ring (bicyclic) bond motifs is 2. The van der Waals surface area contributed by atoms with E-state index >= 15 is 0 Å². The molecule has 5 rings (SSSR count). The summed E-state index contributed by atoms with van der Waals surface area (Å²) in [6, 6.07) is 13.9. The Morgan fingerprint density at radius 2 is 2.03 bits per heavy atom. The van der Waals surface area contributed by atoms with Gasteiger partial charge in [0.25, 0.3) is 0 Å². The lowest BCUT2D eigenvalue weighted by Crippen LogP contribution is -2.25. The Bertz CT molecular complexity index is 1150. The first-order chi connectivity index (χ1) is 14.2. The number of nitrogens with zero attached hydrogens (tertiary/aromatic N) is 5. The van der Waals surface area contributed by atoms with Crippen LogP contribution in [-0.2, 0) is 11.2 Å². The summed E-state index contributed by atoms with van der Waals surface area (Å²) in [4.78, 5) is 13.6. The Kier molecular flexibility index (Phi) is 4.35. The molecule has 3 heterocycles. The molecule has 0 saturated heterocycles. The van der Waals surface area contributed by atoms with E-state index in [2.05, 4.69) is 16.3 Å². The van der Waals surface area contributed by atoms with Gasteiger partial charge in [0, 0.05) is 24.9 Å². The van der Waals surface area contributed by atoms with E-state index in [-0.39, 0.29) is 5.91 Å². The summed E-state index contributed by atoms with van der Waals surface area (Å²) in [6.07, 6.45) is 0.869. The average molecular weight is 405 g/mol. The quantitative estimate of drug-likeness (QED) is 0.669. The number of rotatable bonds is 3. The largest absolute Gasteiger partial charge is 0.496 e. The number of methoxy groups -OCH3 is 1. The third-order valence-corrected chi connectivity index (χ3v) is 6.14. The molecule has 146 valence electrons. The van der Waals surface area contributed by atoms with E-state index in [1.54, 1.807) is 30.5 Å². The SMILES string of the molecule is COc1ccccc1-c1nnc2n1N=C(c1ccc3c(c1)CCN3C(C)=O)CS2. The molecule has 0 spiro atoms. The second-order valence-electron chi connectivity index (χ2n) is 6.92. The van der Waals surface area contributed by atoms with Gasteiger partial charge in [-0.1, -0.05) is 30.0 Å². The number of carbonyl (C=O) groups excluding carboxylic acids is 1. The summed E-state index contributed by atoms with van der Waals surface area (Å²) < 4.78 is 7.27. The minimum atomic E-state index is 0.0812. The number of amides is 1. The summed E-state index contributed by atoms with van der Waals surface area (Å²) in [6.45, 7) is 2.35. The molecule has 0 unspecified atom stereocenters. The van der Waals surface area contributed by atoms with E-state index in [0.29, 0.717) is 5.82 Å². The molecule has 0 fully saturated rings. The van der Waals surface area contributed by atoms with Gasteiger partial charge in [0.1, 0.15) is 5.75 Å². The van der Waals surface area contributed by atoms with Gasteiger partial charge in [-0.3, -0.25) is 4.79 Å². The fraction of sp³-hybridized carbons (Fsp3) is 0.238. The van der Waals surface area contributed by atoms with Crippen LogP contribution in [0, 0.1) is 0 Å². The molecule has 2 aliphatic heterocycles. The highest BCUT2D eigenvalue weighted by molar-refractivity contribution is 7.99. The van der Waals surface area contributed by atoms with Gasteiger partial charge in [0.15, 0.2) is 5.82 Å². The molecular formula is C21H19N5O2S. The van der Waals surface area contributed by atoms with Crippen LogP contribution in [0.4, 0.5) is 5.69 Å². The van der Waals surface area contributed by atoms with Crippen molar-refractivity contribution in [1.29, 1.82) is 0 Å². The first-order valence-electron chi connectivity index (χ1n) is 9.36. The van der Waals surface area contributed by atoms with Gasteiger partial charge in [-0.15, -0.1) is 10.2 Å². The maximum Gasteiger partial charge on any atom is 0.223 e. The number of para-hydroxylation sites is 1. The molecule has 0 N–H and O–H groups in total. The summed E-state index contributed by atoms with van der Waals surface area (Å²) in [5.41, 5.74) is 5.06. The van der Waals surface area contributed by atoms with E-state index in [0.717, 1.165) is 52.2 Å². The van der Waals surface area contributed by atoms with E-state index in [1.807, 2.05) is 41.3 Å². The predicted octanol–water partition coefficient (Wildman–Crippen LogP) is 3.22. The van der Waals surface area contributed by atoms with Gasteiger partial charge in [-0.25, -0.2) is 0 Å². The van der Waals surface area contributed by atoms with Gasteiger partial charge >= 0.3 is 0 Å². The molecular weight excluding hydrogens is 386 g/mol. The van der Waals surface area contributed by atoms with Gasteiger partial charge < -0.3 is 9.64 Å². The van der Waals surface area contributed by atoms with Crippen molar-refractivity contribution in [3.05, 3.63) is 53.6 Å². The minimum Gasteiger partial charge on any atom is -0.496 e. The molecule has 3 aromatic rings. The molecule has 2 aliphatic rings. The van der Waals surface area contributed by atoms with Crippen molar-refractivity contribution in [2.24, 2.45) is 5.10 Å². The number of ether oxygens (including phenoxy) is 1. The fourth-order valence-electron chi connectivity index (χ4n) is 3.77. The van der Waals surface area contributed by atoms with Gasteiger partial charge in [-0.2, -0.15) is 9.78 Å². The monoisotopic (exact) mass is 405 g/mol. The summed E-state index contributed by atoms with van der Waals surface area (Å²) >= 11 is 1.61. The van der Waals surface area contributed by atoms with Crippen molar-refractivity contribution in [3.63, 3.8) is 0 Å². The van der Waals surface area contributed by atoms with Gasteiger partial charge in [0.2, 0.25) is 11.1 Å². The van der Waals surface area contributed by atoms with Crippen LogP contribution in [0.2, 0.25) is 0 Å².